The van der Waals surface area contributed by atoms with Crippen LogP contribution in [0.2, 0.25) is 0 Å². The molecule has 1 amide bonds. The third kappa shape index (κ3) is 4.39. The minimum Gasteiger partial charge on any atom is -0.348 e. The van der Waals surface area contributed by atoms with Gasteiger partial charge in [0.05, 0.1) is 0 Å². The predicted molar refractivity (Wildman–Crippen MR) is 91.2 cm³/mol. The maximum Gasteiger partial charge on any atom is 0.270 e. The molecule has 1 aliphatic rings. The number of aromatic nitrogens is 1. The second-order valence-electron chi connectivity index (χ2n) is 6.17. The summed E-state index contributed by atoms with van der Waals surface area (Å²) >= 11 is 0. The maximum absolute atomic E-state index is 12.3. The van der Waals surface area contributed by atoms with Crippen LogP contribution in [0.5, 0.6) is 0 Å². The lowest BCUT2D eigenvalue weighted by Gasteiger charge is -2.32. The number of hydrogen-bond acceptors (Lipinski definition) is 3. The van der Waals surface area contributed by atoms with Crippen molar-refractivity contribution in [2.45, 2.75) is 32.4 Å². The molecule has 0 atom stereocenters. The Morgan fingerprint density at radius 3 is 2.57 bits per heavy atom. The number of nitrogens with one attached hydrogen (secondary N) is 1. The normalized spacial score (nSPS) is 16.2. The van der Waals surface area contributed by atoms with Gasteiger partial charge in [-0.1, -0.05) is 36.4 Å². The fourth-order valence-electron chi connectivity index (χ4n) is 3.01. The van der Waals surface area contributed by atoms with Crippen molar-refractivity contribution in [2.75, 3.05) is 13.1 Å². The fourth-order valence-corrected chi connectivity index (χ4v) is 3.01. The predicted octanol–water partition coefficient (Wildman–Crippen LogP) is 2.78. The van der Waals surface area contributed by atoms with E-state index < -0.39 is 0 Å². The molecule has 0 aliphatic carbocycles. The van der Waals surface area contributed by atoms with Gasteiger partial charge < -0.3 is 5.32 Å². The SMILES string of the molecule is Cc1cccc(C(=O)NC2CCN(Cc3ccccc3)CC2)n1. The molecule has 120 valence electrons. The summed E-state index contributed by atoms with van der Waals surface area (Å²) in [5.41, 5.74) is 2.73. The topological polar surface area (TPSA) is 45.2 Å². The van der Waals surface area contributed by atoms with Crippen LogP contribution in [0.1, 0.15) is 34.6 Å². The smallest absolute Gasteiger partial charge is 0.270 e. The minimum absolute atomic E-state index is 0.0600. The summed E-state index contributed by atoms with van der Waals surface area (Å²) in [4.78, 5) is 19.0. The molecule has 1 aromatic carbocycles. The van der Waals surface area contributed by atoms with Crippen LogP contribution in [-0.4, -0.2) is 34.9 Å². The van der Waals surface area contributed by atoms with Gasteiger partial charge in [0.1, 0.15) is 5.69 Å². The molecule has 0 unspecified atom stereocenters. The Morgan fingerprint density at radius 1 is 1.13 bits per heavy atom. The van der Waals surface area contributed by atoms with Crippen molar-refractivity contribution in [2.24, 2.45) is 0 Å². The second kappa shape index (κ2) is 7.38. The molecule has 0 radical (unpaired) electrons. The molecule has 0 spiro atoms. The van der Waals surface area contributed by atoms with E-state index in [1.807, 2.05) is 25.1 Å². The maximum atomic E-state index is 12.3. The first-order valence-corrected chi connectivity index (χ1v) is 8.21. The van der Waals surface area contributed by atoms with E-state index in [9.17, 15) is 4.79 Å². The lowest BCUT2D eigenvalue weighted by Crippen LogP contribution is -2.44. The highest BCUT2D eigenvalue weighted by atomic mass is 16.1. The Morgan fingerprint density at radius 2 is 1.87 bits per heavy atom. The number of benzene rings is 1. The van der Waals surface area contributed by atoms with E-state index in [1.165, 1.54) is 5.56 Å². The number of pyridine rings is 1. The van der Waals surface area contributed by atoms with Gasteiger partial charge in [0.2, 0.25) is 0 Å². The molecule has 0 saturated carbocycles. The zero-order valence-corrected chi connectivity index (χ0v) is 13.5. The van der Waals surface area contributed by atoms with Gasteiger partial charge in [0, 0.05) is 31.4 Å². The lowest BCUT2D eigenvalue weighted by atomic mass is 10.0. The van der Waals surface area contributed by atoms with Gasteiger partial charge in [-0.15, -0.1) is 0 Å². The lowest BCUT2D eigenvalue weighted by molar-refractivity contribution is 0.0903. The molecule has 1 saturated heterocycles. The number of nitrogens with zero attached hydrogens (tertiary/aromatic N) is 2. The van der Waals surface area contributed by atoms with Gasteiger partial charge in [-0.3, -0.25) is 9.69 Å². The molecule has 4 heteroatoms. The monoisotopic (exact) mass is 309 g/mol. The van der Waals surface area contributed by atoms with Crippen LogP contribution < -0.4 is 5.32 Å². The van der Waals surface area contributed by atoms with Crippen LogP contribution in [0.3, 0.4) is 0 Å². The largest absolute Gasteiger partial charge is 0.348 e. The van der Waals surface area contributed by atoms with Gasteiger partial charge in [-0.2, -0.15) is 0 Å². The first-order valence-electron chi connectivity index (χ1n) is 8.21. The number of carbonyl (C=O) groups is 1. The number of piperidine rings is 1. The molecule has 2 aromatic rings. The zero-order valence-electron chi connectivity index (χ0n) is 13.5. The number of rotatable bonds is 4. The van der Waals surface area contributed by atoms with Crippen molar-refractivity contribution in [3.05, 3.63) is 65.5 Å². The fraction of sp³-hybridized carbons (Fsp3) is 0.368. The van der Waals surface area contributed by atoms with Gasteiger partial charge in [0.15, 0.2) is 0 Å². The van der Waals surface area contributed by atoms with E-state index in [2.05, 4.69) is 39.5 Å². The highest BCUT2D eigenvalue weighted by Gasteiger charge is 2.21. The molecular weight excluding hydrogens is 286 g/mol. The molecule has 0 bridgehead atoms. The van der Waals surface area contributed by atoms with Crippen molar-refractivity contribution >= 4 is 5.91 Å². The third-order valence-electron chi connectivity index (χ3n) is 4.29. The molecule has 3 rings (SSSR count). The van der Waals surface area contributed by atoms with E-state index in [0.717, 1.165) is 38.2 Å². The van der Waals surface area contributed by atoms with Crippen molar-refractivity contribution in [3.63, 3.8) is 0 Å². The van der Waals surface area contributed by atoms with Crippen LogP contribution in [0.25, 0.3) is 0 Å². The summed E-state index contributed by atoms with van der Waals surface area (Å²) in [7, 11) is 0. The van der Waals surface area contributed by atoms with E-state index in [-0.39, 0.29) is 11.9 Å². The Bertz CT molecular complexity index is 649. The molecule has 1 aromatic heterocycles. The van der Waals surface area contributed by atoms with Crippen LogP contribution in [-0.2, 0) is 6.54 Å². The molecule has 2 heterocycles. The summed E-state index contributed by atoms with van der Waals surface area (Å²) in [6.07, 6.45) is 1.98. The summed E-state index contributed by atoms with van der Waals surface area (Å²) in [6.45, 7) is 4.92. The molecule has 23 heavy (non-hydrogen) atoms. The molecule has 1 aliphatic heterocycles. The van der Waals surface area contributed by atoms with E-state index in [4.69, 9.17) is 0 Å². The highest BCUT2D eigenvalue weighted by Crippen LogP contribution is 2.14. The van der Waals surface area contributed by atoms with E-state index >= 15 is 0 Å². The zero-order chi connectivity index (χ0) is 16.1. The van der Waals surface area contributed by atoms with Gasteiger partial charge in [-0.05, 0) is 37.5 Å². The molecular formula is C19H23N3O. The number of likely N-dealkylation sites (tertiary alicyclic amines) is 1. The number of amides is 1. The summed E-state index contributed by atoms with van der Waals surface area (Å²) in [6, 6.07) is 16.3. The Kier molecular flexibility index (Phi) is 5.03. The summed E-state index contributed by atoms with van der Waals surface area (Å²) < 4.78 is 0. The number of hydrogen-bond donors (Lipinski definition) is 1. The van der Waals surface area contributed by atoms with Crippen LogP contribution in [0.4, 0.5) is 0 Å². The Hall–Kier alpha value is -2.20. The summed E-state index contributed by atoms with van der Waals surface area (Å²) in [5, 5.41) is 3.12. The standard InChI is InChI=1S/C19H23N3O/c1-15-6-5-9-18(20-15)19(23)21-17-10-12-22(13-11-17)14-16-7-3-2-4-8-16/h2-9,17H,10-14H2,1H3,(H,21,23). The first-order chi connectivity index (χ1) is 11.2. The van der Waals surface area contributed by atoms with Gasteiger partial charge in [-0.25, -0.2) is 4.98 Å². The van der Waals surface area contributed by atoms with Gasteiger partial charge in [0.25, 0.3) is 5.91 Å². The molecule has 4 nitrogen and oxygen atoms in total. The third-order valence-corrected chi connectivity index (χ3v) is 4.29. The van der Waals surface area contributed by atoms with Crippen molar-refractivity contribution in [3.8, 4) is 0 Å². The molecule has 1 N–H and O–H groups in total. The first kappa shape index (κ1) is 15.7. The van der Waals surface area contributed by atoms with Crippen LogP contribution >= 0.6 is 0 Å². The number of aryl methyl sites for hydroxylation is 1. The highest BCUT2D eigenvalue weighted by molar-refractivity contribution is 5.92. The minimum atomic E-state index is -0.0600. The summed E-state index contributed by atoms with van der Waals surface area (Å²) in [5.74, 6) is -0.0600. The van der Waals surface area contributed by atoms with Crippen molar-refractivity contribution in [1.29, 1.82) is 0 Å². The second-order valence-corrected chi connectivity index (χ2v) is 6.17. The van der Waals surface area contributed by atoms with Crippen LogP contribution in [0.15, 0.2) is 48.5 Å². The van der Waals surface area contributed by atoms with E-state index in [1.54, 1.807) is 6.07 Å². The molecule has 1 fully saturated rings. The average molecular weight is 309 g/mol. The Labute approximate surface area is 137 Å². The van der Waals surface area contributed by atoms with Crippen molar-refractivity contribution in [1.82, 2.24) is 15.2 Å². The van der Waals surface area contributed by atoms with Gasteiger partial charge >= 0.3 is 0 Å². The van der Waals surface area contributed by atoms with Crippen LogP contribution in [0, 0.1) is 6.92 Å². The Balaban J connectivity index is 1.48. The van der Waals surface area contributed by atoms with E-state index in [0.29, 0.717) is 5.69 Å². The number of carbonyl (C=O) groups excluding carboxylic acids is 1. The average Bonchev–Trinajstić information content (AvgIpc) is 2.57. The van der Waals surface area contributed by atoms with Crippen molar-refractivity contribution < 1.29 is 4.79 Å². The quantitative estimate of drug-likeness (QED) is 0.944.